The van der Waals surface area contributed by atoms with Crippen molar-refractivity contribution in [2.24, 2.45) is 5.92 Å². The van der Waals surface area contributed by atoms with Gasteiger partial charge in [-0.1, -0.05) is 12.8 Å². The van der Waals surface area contributed by atoms with Crippen molar-refractivity contribution in [1.82, 2.24) is 14.9 Å². The molecule has 2 aliphatic rings. The van der Waals surface area contributed by atoms with E-state index in [-0.39, 0.29) is 6.04 Å². The first-order chi connectivity index (χ1) is 12.3. The van der Waals surface area contributed by atoms with Gasteiger partial charge in [0.05, 0.1) is 32.3 Å². The number of fused-ring (bicyclic) bond motifs is 1. The number of hydrogen-bond donors (Lipinski definition) is 1. The summed E-state index contributed by atoms with van der Waals surface area (Å²) < 4.78 is 11.0. The van der Waals surface area contributed by atoms with Crippen LogP contribution in [0.2, 0.25) is 0 Å². The summed E-state index contributed by atoms with van der Waals surface area (Å²) in [5, 5.41) is 0. The average Bonchev–Trinajstić information content (AvgIpc) is 3.32. The molecule has 5 heteroatoms. The number of aromatic amines is 1. The number of H-pyrrole nitrogens is 1. The molecule has 1 aliphatic carbocycles. The van der Waals surface area contributed by atoms with Gasteiger partial charge < -0.3 is 14.5 Å². The molecule has 0 saturated heterocycles. The number of nitrogens with zero attached hydrogens (tertiary/aromatic N) is 2. The van der Waals surface area contributed by atoms with Crippen molar-refractivity contribution < 1.29 is 9.47 Å². The summed E-state index contributed by atoms with van der Waals surface area (Å²) in [5.41, 5.74) is 3.61. The van der Waals surface area contributed by atoms with Gasteiger partial charge in [-0.25, -0.2) is 4.98 Å². The zero-order valence-electron chi connectivity index (χ0n) is 15.1. The van der Waals surface area contributed by atoms with E-state index in [0.29, 0.717) is 0 Å². The fourth-order valence-electron chi connectivity index (χ4n) is 4.40. The van der Waals surface area contributed by atoms with Gasteiger partial charge in [0.15, 0.2) is 0 Å². The van der Waals surface area contributed by atoms with Crippen molar-refractivity contribution in [3.8, 4) is 11.5 Å². The molecule has 0 bridgehead atoms. The third kappa shape index (κ3) is 3.25. The Morgan fingerprint density at radius 3 is 2.52 bits per heavy atom. The van der Waals surface area contributed by atoms with Crippen LogP contribution in [-0.4, -0.2) is 42.2 Å². The number of nitrogens with one attached hydrogen (secondary N) is 1. The molecule has 25 heavy (non-hydrogen) atoms. The summed E-state index contributed by atoms with van der Waals surface area (Å²) in [6.07, 6.45) is 8.34. The third-order valence-electron chi connectivity index (χ3n) is 5.68. The minimum Gasteiger partial charge on any atom is -0.497 e. The predicted octanol–water partition coefficient (Wildman–Crippen LogP) is 3.56. The van der Waals surface area contributed by atoms with Gasteiger partial charge in [-0.3, -0.25) is 4.90 Å². The van der Waals surface area contributed by atoms with Crippen LogP contribution in [0, 0.1) is 5.92 Å². The van der Waals surface area contributed by atoms with Crippen molar-refractivity contribution in [3.05, 3.63) is 41.5 Å². The summed E-state index contributed by atoms with van der Waals surface area (Å²) in [6.45, 7) is 2.21. The molecule has 1 aliphatic heterocycles. The van der Waals surface area contributed by atoms with Gasteiger partial charge in [0.1, 0.15) is 11.5 Å². The summed E-state index contributed by atoms with van der Waals surface area (Å²) in [4.78, 5) is 10.6. The molecule has 2 aromatic rings. The number of hydrogen-bond acceptors (Lipinski definition) is 4. The molecule has 0 unspecified atom stereocenters. The molecule has 5 nitrogen and oxygen atoms in total. The molecule has 1 aromatic heterocycles. The lowest BCUT2D eigenvalue weighted by Gasteiger charge is -2.37. The minimum absolute atomic E-state index is 0.166. The maximum Gasteiger partial charge on any atom is 0.122 e. The number of methoxy groups -OCH3 is 2. The third-order valence-corrected chi connectivity index (χ3v) is 5.68. The van der Waals surface area contributed by atoms with E-state index in [1.165, 1.54) is 36.9 Å². The van der Waals surface area contributed by atoms with E-state index in [1.54, 1.807) is 14.2 Å². The molecule has 2 heterocycles. The van der Waals surface area contributed by atoms with Gasteiger partial charge in [-0.2, -0.15) is 0 Å². The number of aromatic nitrogens is 2. The van der Waals surface area contributed by atoms with Gasteiger partial charge >= 0.3 is 0 Å². The van der Waals surface area contributed by atoms with Crippen LogP contribution in [-0.2, 0) is 6.42 Å². The van der Waals surface area contributed by atoms with E-state index in [2.05, 4.69) is 27.0 Å². The summed E-state index contributed by atoms with van der Waals surface area (Å²) in [7, 11) is 3.41. The molecule has 1 atom stereocenters. The maximum absolute atomic E-state index is 5.50. The highest BCUT2D eigenvalue weighted by Gasteiger charge is 2.33. The molecule has 1 N–H and O–H groups in total. The van der Waals surface area contributed by atoms with Crippen LogP contribution in [0.15, 0.2) is 24.5 Å². The molecule has 1 aromatic carbocycles. The van der Waals surface area contributed by atoms with Crippen LogP contribution >= 0.6 is 0 Å². The molecule has 0 radical (unpaired) electrons. The number of imidazole rings is 1. The van der Waals surface area contributed by atoms with Crippen LogP contribution in [0.1, 0.15) is 48.7 Å². The zero-order chi connectivity index (χ0) is 17.2. The van der Waals surface area contributed by atoms with Crippen LogP contribution in [0.5, 0.6) is 11.5 Å². The Balaban J connectivity index is 1.71. The molecule has 0 amide bonds. The Labute approximate surface area is 149 Å². The fourth-order valence-corrected chi connectivity index (χ4v) is 4.40. The minimum atomic E-state index is 0.166. The lowest BCUT2D eigenvalue weighted by atomic mass is 9.93. The van der Waals surface area contributed by atoms with Crippen LogP contribution in [0.4, 0.5) is 0 Å². The Hall–Kier alpha value is -2.01. The summed E-state index contributed by atoms with van der Waals surface area (Å²) in [5.74, 6) is 2.48. The monoisotopic (exact) mass is 341 g/mol. The quantitative estimate of drug-likeness (QED) is 0.903. The Morgan fingerprint density at radius 2 is 1.84 bits per heavy atom. The standard InChI is InChI=1S/C20H27N3O2/c1-24-16-9-15(10-17(11-16)25-2)20-19-18(21-13-22-19)7-8-23(20)12-14-5-3-4-6-14/h9-11,13-14,20H,3-8,12H2,1-2H3,(H,21,22)/t20-/m1/s1. The molecular formula is C20H27N3O2. The Kier molecular flexibility index (Phi) is 4.66. The molecule has 134 valence electrons. The van der Waals surface area contributed by atoms with E-state index < -0.39 is 0 Å². The summed E-state index contributed by atoms with van der Waals surface area (Å²) in [6, 6.07) is 6.34. The fraction of sp³-hybridized carbons (Fsp3) is 0.550. The van der Waals surface area contributed by atoms with Gasteiger partial charge in [0.2, 0.25) is 0 Å². The largest absolute Gasteiger partial charge is 0.497 e. The molecule has 1 saturated carbocycles. The van der Waals surface area contributed by atoms with Gasteiger partial charge in [0.25, 0.3) is 0 Å². The molecule has 0 spiro atoms. The van der Waals surface area contributed by atoms with Gasteiger partial charge in [-0.05, 0) is 36.5 Å². The van der Waals surface area contributed by atoms with Crippen LogP contribution in [0.25, 0.3) is 0 Å². The first kappa shape index (κ1) is 16.5. The van der Waals surface area contributed by atoms with Crippen LogP contribution in [0.3, 0.4) is 0 Å². The lowest BCUT2D eigenvalue weighted by Crippen LogP contribution is -2.39. The highest BCUT2D eigenvalue weighted by molar-refractivity contribution is 5.43. The lowest BCUT2D eigenvalue weighted by molar-refractivity contribution is 0.177. The zero-order valence-corrected chi connectivity index (χ0v) is 15.1. The number of rotatable bonds is 5. The SMILES string of the molecule is COc1cc(OC)cc([C@@H]2c3nc[nH]c3CCN2CC2CCCC2)c1. The first-order valence-electron chi connectivity index (χ1n) is 9.27. The van der Waals surface area contributed by atoms with Crippen molar-refractivity contribution >= 4 is 0 Å². The van der Waals surface area contributed by atoms with E-state index in [9.17, 15) is 0 Å². The highest BCUT2D eigenvalue weighted by Crippen LogP contribution is 2.38. The van der Waals surface area contributed by atoms with Crippen molar-refractivity contribution in [2.45, 2.75) is 38.1 Å². The normalized spacial score (nSPS) is 21.3. The predicted molar refractivity (Wildman–Crippen MR) is 97.2 cm³/mol. The average molecular weight is 341 g/mol. The van der Waals surface area contributed by atoms with E-state index in [0.717, 1.165) is 42.6 Å². The highest BCUT2D eigenvalue weighted by atomic mass is 16.5. The number of ether oxygens (including phenoxy) is 2. The Bertz CT molecular complexity index is 699. The van der Waals surface area contributed by atoms with Gasteiger partial charge in [0, 0.05) is 31.3 Å². The van der Waals surface area contributed by atoms with Crippen molar-refractivity contribution in [3.63, 3.8) is 0 Å². The molecule has 4 rings (SSSR count). The molecular weight excluding hydrogens is 314 g/mol. The number of benzene rings is 1. The van der Waals surface area contributed by atoms with Gasteiger partial charge in [-0.15, -0.1) is 0 Å². The maximum atomic E-state index is 5.50. The second-order valence-electron chi connectivity index (χ2n) is 7.21. The van der Waals surface area contributed by atoms with Crippen LogP contribution < -0.4 is 9.47 Å². The van der Waals surface area contributed by atoms with Crippen molar-refractivity contribution in [1.29, 1.82) is 0 Å². The first-order valence-corrected chi connectivity index (χ1v) is 9.27. The second kappa shape index (κ2) is 7.08. The van der Waals surface area contributed by atoms with Crippen molar-refractivity contribution in [2.75, 3.05) is 27.3 Å². The van der Waals surface area contributed by atoms with E-state index >= 15 is 0 Å². The molecule has 1 fully saturated rings. The van der Waals surface area contributed by atoms with E-state index in [4.69, 9.17) is 9.47 Å². The topological polar surface area (TPSA) is 50.4 Å². The summed E-state index contributed by atoms with van der Waals surface area (Å²) >= 11 is 0. The Morgan fingerprint density at radius 1 is 1.12 bits per heavy atom. The second-order valence-corrected chi connectivity index (χ2v) is 7.21. The smallest absolute Gasteiger partial charge is 0.122 e. The van der Waals surface area contributed by atoms with E-state index in [1.807, 2.05) is 12.4 Å².